The molecule has 0 saturated carbocycles. The van der Waals surface area contributed by atoms with E-state index in [1.165, 1.54) is 11.6 Å². The number of carbonyl (C=O) groups is 1. The number of amides is 1. The lowest BCUT2D eigenvalue weighted by molar-refractivity contribution is 0.0491. The van der Waals surface area contributed by atoms with Crippen molar-refractivity contribution in [3.8, 4) is 0 Å². The maximum absolute atomic E-state index is 13.3. The number of aromatic amines is 1. The number of piperidine rings is 1. The van der Waals surface area contributed by atoms with Crippen molar-refractivity contribution >= 4 is 5.91 Å². The Balaban J connectivity index is 1.63. The molecule has 128 valence electrons. The average molecular weight is 334 g/mol. The molecule has 7 heteroatoms. The Hall–Kier alpha value is -2.18. The summed E-state index contributed by atoms with van der Waals surface area (Å²) in [6, 6.07) is 3.07. The largest absolute Gasteiger partial charge is 0.336 e. The third-order valence-electron chi connectivity index (χ3n) is 5.52. The fraction of sp³-hybridized carbons (Fsp3) is 0.529. The zero-order chi connectivity index (χ0) is 16.9. The second-order valence-corrected chi connectivity index (χ2v) is 6.89. The molecular formula is C17H20F2N4O. The number of H-pyrrole nitrogens is 1. The monoisotopic (exact) mass is 334 g/mol. The van der Waals surface area contributed by atoms with Crippen molar-refractivity contribution in [3.05, 3.63) is 41.0 Å². The van der Waals surface area contributed by atoms with Gasteiger partial charge in [-0.05, 0) is 50.3 Å². The Bertz CT molecular complexity index is 781. The molecule has 1 aliphatic carbocycles. The summed E-state index contributed by atoms with van der Waals surface area (Å²) >= 11 is 0. The predicted molar refractivity (Wildman–Crippen MR) is 84.1 cm³/mol. The van der Waals surface area contributed by atoms with Gasteiger partial charge in [0.15, 0.2) is 0 Å². The van der Waals surface area contributed by atoms with E-state index in [9.17, 15) is 13.6 Å². The van der Waals surface area contributed by atoms with E-state index in [0.29, 0.717) is 18.8 Å². The van der Waals surface area contributed by atoms with E-state index in [1.807, 2.05) is 6.20 Å². The highest BCUT2D eigenvalue weighted by atomic mass is 19.3. The minimum Gasteiger partial charge on any atom is -0.336 e. The van der Waals surface area contributed by atoms with E-state index in [4.69, 9.17) is 0 Å². The van der Waals surface area contributed by atoms with Crippen LogP contribution in [0, 0.1) is 6.92 Å². The first kappa shape index (κ1) is 15.4. The van der Waals surface area contributed by atoms with Crippen molar-refractivity contribution in [1.82, 2.24) is 19.7 Å². The summed E-state index contributed by atoms with van der Waals surface area (Å²) < 4.78 is 27.4. The maximum atomic E-state index is 13.3. The van der Waals surface area contributed by atoms with Gasteiger partial charge in [0, 0.05) is 29.9 Å². The second-order valence-electron chi connectivity index (χ2n) is 6.89. The molecule has 24 heavy (non-hydrogen) atoms. The number of aromatic nitrogens is 3. The van der Waals surface area contributed by atoms with Crippen LogP contribution in [0.3, 0.4) is 0 Å². The van der Waals surface area contributed by atoms with Gasteiger partial charge in [0.1, 0.15) is 5.69 Å². The number of likely N-dealkylation sites (tertiary alicyclic amines) is 1. The van der Waals surface area contributed by atoms with Crippen LogP contribution < -0.4 is 0 Å². The van der Waals surface area contributed by atoms with Gasteiger partial charge in [-0.1, -0.05) is 0 Å². The van der Waals surface area contributed by atoms with E-state index in [-0.39, 0.29) is 17.0 Å². The third-order valence-corrected chi connectivity index (χ3v) is 5.52. The molecule has 1 atom stereocenters. The Labute approximate surface area is 138 Å². The SMILES string of the molecule is Cc1ccc(C(=O)N2CCCC3(CCc4cn[nH]c43)C2)n1C(F)F. The van der Waals surface area contributed by atoms with Crippen LogP contribution in [-0.2, 0) is 11.8 Å². The quantitative estimate of drug-likeness (QED) is 0.918. The summed E-state index contributed by atoms with van der Waals surface area (Å²) in [5.74, 6) is -0.310. The van der Waals surface area contributed by atoms with Crippen LogP contribution in [-0.4, -0.2) is 38.7 Å². The minimum absolute atomic E-state index is 0.0716. The molecule has 1 saturated heterocycles. The molecule has 1 spiro atoms. The maximum Gasteiger partial charge on any atom is 0.319 e. The van der Waals surface area contributed by atoms with Gasteiger partial charge in [-0.3, -0.25) is 14.5 Å². The van der Waals surface area contributed by atoms with Gasteiger partial charge < -0.3 is 4.90 Å². The van der Waals surface area contributed by atoms with Gasteiger partial charge in [-0.15, -0.1) is 0 Å². The Morgan fingerprint density at radius 3 is 3.00 bits per heavy atom. The van der Waals surface area contributed by atoms with Crippen molar-refractivity contribution in [3.63, 3.8) is 0 Å². The number of carbonyl (C=O) groups excluding carboxylic acids is 1. The van der Waals surface area contributed by atoms with Crippen LogP contribution in [0.1, 0.15) is 53.3 Å². The Morgan fingerprint density at radius 2 is 2.21 bits per heavy atom. The Kier molecular flexibility index (Phi) is 3.47. The average Bonchev–Trinajstić information content (AvgIpc) is 3.25. The van der Waals surface area contributed by atoms with Gasteiger partial charge in [-0.25, -0.2) is 0 Å². The van der Waals surface area contributed by atoms with Crippen LogP contribution in [0.15, 0.2) is 18.3 Å². The number of aryl methyl sites for hydroxylation is 2. The van der Waals surface area contributed by atoms with Crippen LogP contribution in [0.4, 0.5) is 8.78 Å². The number of hydrogen-bond acceptors (Lipinski definition) is 2. The van der Waals surface area contributed by atoms with Crippen molar-refractivity contribution in [2.24, 2.45) is 0 Å². The second kappa shape index (κ2) is 5.43. The zero-order valence-corrected chi connectivity index (χ0v) is 13.6. The van der Waals surface area contributed by atoms with Crippen molar-refractivity contribution in [2.75, 3.05) is 13.1 Å². The van der Waals surface area contributed by atoms with Crippen LogP contribution in [0.5, 0.6) is 0 Å². The molecule has 1 N–H and O–H groups in total. The molecule has 1 aliphatic heterocycles. The van der Waals surface area contributed by atoms with Crippen LogP contribution >= 0.6 is 0 Å². The lowest BCUT2D eigenvalue weighted by Gasteiger charge is -2.40. The number of nitrogens with zero attached hydrogens (tertiary/aromatic N) is 3. The van der Waals surface area contributed by atoms with Crippen molar-refractivity contribution in [1.29, 1.82) is 0 Å². The number of fused-ring (bicyclic) bond motifs is 2. The number of rotatable bonds is 2. The lowest BCUT2D eigenvalue weighted by atomic mass is 9.77. The van der Waals surface area contributed by atoms with Gasteiger partial charge >= 0.3 is 6.55 Å². The molecule has 1 unspecified atom stereocenters. The van der Waals surface area contributed by atoms with Gasteiger partial charge in [0.25, 0.3) is 5.91 Å². The summed E-state index contributed by atoms with van der Waals surface area (Å²) in [6.07, 6.45) is 5.67. The number of halogens is 2. The molecule has 3 heterocycles. The van der Waals surface area contributed by atoms with E-state index in [1.54, 1.807) is 17.9 Å². The molecule has 2 aromatic rings. The van der Waals surface area contributed by atoms with E-state index in [0.717, 1.165) is 35.9 Å². The van der Waals surface area contributed by atoms with E-state index >= 15 is 0 Å². The molecule has 1 fully saturated rings. The highest BCUT2D eigenvalue weighted by molar-refractivity contribution is 5.93. The van der Waals surface area contributed by atoms with Gasteiger partial charge in [0.2, 0.25) is 0 Å². The molecule has 1 amide bonds. The summed E-state index contributed by atoms with van der Waals surface area (Å²) in [5, 5.41) is 7.23. The molecular weight excluding hydrogens is 314 g/mol. The van der Waals surface area contributed by atoms with Crippen LogP contribution in [0.25, 0.3) is 0 Å². The number of alkyl halides is 2. The summed E-state index contributed by atoms with van der Waals surface area (Å²) in [7, 11) is 0. The molecule has 2 aromatic heterocycles. The first-order valence-corrected chi connectivity index (χ1v) is 8.30. The third kappa shape index (κ3) is 2.17. The summed E-state index contributed by atoms with van der Waals surface area (Å²) in [5.41, 5.74) is 2.72. The van der Waals surface area contributed by atoms with Gasteiger partial charge in [-0.2, -0.15) is 13.9 Å². The smallest absolute Gasteiger partial charge is 0.319 e. The van der Waals surface area contributed by atoms with Crippen LogP contribution in [0.2, 0.25) is 0 Å². The normalized spacial score (nSPS) is 23.2. The topological polar surface area (TPSA) is 53.9 Å². The van der Waals surface area contributed by atoms with E-state index in [2.05, 4.69) is 10.2 Å². The fourth-order valence-electron chi connectivity index (χ4n) is 4.32. The molecule has 5 nitrogen and oxygen atoms in total. The fourth-order valence-corrected chi connectivity index (χ4v) is 4.32. The standard InChI is InChI=1S/C17H20F2N4O/c1-11-3-4-13(23(11)16(18)19)15(24)22-8-2-6-17(10-22)7-5-12-9-20-21-14(12)17/h3-4,9,16H,2,5-8,10H2,1H3,(H,20,21). The number of hydrogen-bond donors (Lipinski definition) is 1. The summed E-state index contributed by atoms with van der Waals surface area (Å²) in [6.45, 7) is 0.0592. The van der Waals surface area contributed by atoms with Crippen molar-refractivity contribution < 1.29 is 13.6 Å². The lowest BCUT2D eigenvalue weighted by Crippen LogP contribution is -2.48. The predicted octanol–water partition coefficient (Wildman–Crippen LogP) is 3.03. The van der Waals surface area contributed by atoms with E-state index < -0.39 is 6.55 Å². The molecule has 0 bridgehead atoms. The zero-order valence-electron chi connectivity index (χ0n) is 13.6. The summed E-state index contributed by atoms with van der Waals surface area (Å²) in [4.78, 5) is 14.6. The first-order chi connectivity index (χ1) is 11.5. The molecule has 0 radical (unpaired) electrons. The van der Waals surface area contributed by atoms with Crippen molar-refractivity contribution in [2.45, 2.75) is 44.6 Å². The first-order valence-electron chi connectivity index (χ1n) is 8.30. The molecule has 0 aromatic carbocycles. The molecule has 4 rings (SSSR count). The highest BCUT2D eigenvalue weighted by Crippen LogP contribution is 2.44. The highest BCUT2D eigenvalue weighted by Gasteiger charge is 2.44. The molecule has 2 aliphatic rings. The minimum atomic E-state index is -2.71. The number of nitrogens with one attached hydrogen (secondary N) is 1. The van der Waals surface area contributed by atoms with Gasteiger partial charge in [0.05, 0.1) is 6.20 Å². The Morgan fingerprint density at radius 1 is 1.38 bits per heavy atom.